The summed E-state index contributed by atoms with van der Waals surface area (Å²) in [6.45, 7) is 3.59. The third-order valence-corrected chi connectivity index (χ3v) is 3.14. The maximum absolute atomic E-state index is 10.7. The van der Waals surface area contributed by atoms with Crippen LogP contribution in [0.15, 0.2) is 10.5 Å². The number of halogens is 1. The van der Waals surface area contributed by atoms with Crippen molar-refractivity contribution in [3.63, 3.8) is 0 Å². The zero-order valence-corrected chi connectivity index (χ0v) is 9.79. The molecule has 0 fully saturated rings. The van der Waals surface area contributed by atoms with Gasteiger partial charge in [-0.2, -0.15) is 0 Å². The SMILES string of the molecule is Cc1cc([N+](=O)[O-])c(NC=O)c(Br)c1C. The molecule has 1 aromatic carbocycles. The first-order valence-electron chi connectivity index (χ1n) is 4.13. The molecule has 0 unspecified atom stereocenters. The lowest BCUT2D eigenvalue weighted by molar-refractivity contribution is -0.384. The van der Waals surface area contributed by atoms with Crippen LogP contribution >= 0.6 is 15.9 Å². The molecule has 0 aromatic heterocycles. The molecule has 1 amide bonds. The molecular formula is C9H9BrN2O3. The highest BCUT2D eigenvalue weighted by Gasteiger charge is 2.19. The van der Waals surface area contributed by atoms with E-state index in [-0.39, 0.29) is 11.4 Å². The van der Waals surface area contributed by atoms with Crippen molar-refractivity contribution in [2.45, 2.75) is 13.8 Å². The third-order valence-electron chi connectivity index (χ3n) is 2.15. The van der Waals surface area contributed by atoms with Crippen molar-refractivity contribution in [1.82, 2.24) is 0 Å². The number of hydrogen-bond donors (Lipinski definition) is 1. The zero-order chi connectivity index (χ0) is 11.6. The Morgan fingerprint density at radius 1 is 1.53 bits per heavy atom. The lowest BCUT2D eigenvalue weighted by Crippen LogP contribution is -2.02. The van der Waals surface area contributed by atoms with Crippen molar-refractivity contribution in [2.75, 3.05) is 5.32 Å². The highest BCUT2D eigenvalue weighted by Crippen LogP contribution is 2.36. The van der Waals surface area contributed by atoms with E-state index in [1.165, 1.54) is 6.07 Å². The fourth-order valence-electron chi connectivity index (χ4n) is 1.20. The smallest absolute Gasteiger partial charge is 0.294 e. The van der Waals surface area contributed by atoms with Crippen molar-refractivity contribution >= 4 is 33.7 Å². The first-order valence-corrected chi connectivity index (χ1v) is 4.92. The average Bonchev–Trinajstić information content (AvgIpc) is 2.18. The van der Waals surface area contributed by atoms with Gasteiger partial charge in [0.1, 0.15) is 5.69 Å². The summed E-state index contributed by atoms with van der Waals surface area (Å²) in [6.07, 6.45) is 0.419. The highest BCUT2D eigenvalue weighted by atomic mass is 79.9. The normalized spacial score (nSPS) is 9.80. The Bertz CT molecular complexity index is 432. The molecule has 0 spiro atoms. The number of carbonyl (C=O) groups is 1. The van der Waals surface area contributed by atoms with Gasteiger partial charge in [-0.25, -0.2) is 0 Å². The predicted octanol–water partition coefficient (Wildman–Crippen LogP) is 2.54. The molecule has 0 heterocycles. The van der Waals surface area contributed by atoms with Crippen molar-refractivity contribution in [3.8, 4) is 0 Å². The molecule has 6 heteroatoms. The third kappa shape index (κ3) is 2.15. The molecule has 1 rings (SSSR count). The van der Waals surface area contributed by atoms with Crippen molar-refractivity contribution < 1.29 is 9.72 Å². The number of amides is 1. The molecule has 0 aliphatic carbocycles. The molecular weight excluding hydrogens is 264 g/mol. The Labute approximate surface area is 94.8 Å². The lowest BCUT2D eigenvalue weighted by Gasteiger charge is -2.09. The molecule has 0 aliphatic rings. The monoisotopic (exact) mass is 272 g/mol. The fourth-order valence-corrected chi connectivity index (χ4v) is 1.83. The van der Waals surface area contributed by atoms with Crippen LogP contribution in [-0.4, -0.2) is 11.3 Å². The minimum absolute atomic E-state index is 0.114. The van der Waals surface area contributed by atoms with Crippen molar-refractivity contribution in [2.24, 2.45) is 0 Å². The number of nitrogens with one attached hydrogen (secondary N) is 1. The van der Waals surface area contributed by atoms with Crippen LogP contribution in [-0.2, 0) is 4.79 Å². The van der Waals surface area contributed by atoms with Crippen LogP contribution < -0.4 is 5.32 Å². The van der Waals surface area contributed by atoms with Crippen LogP contribution in [0.2, 0.25) is 0 Å². The van der Waals surface area contributed by atoms with E-state index in [9.17, 15) is 14.9 Å². The van der Waals surface area contributed by atoms with Gasteiger partial charge in [-0.15, -0.1) is 0 Å². The number of rotatable bonds is 3. The largest absolute Gasteiger partial charge is 0.322 e. The zero-order valence-electron chi connectivity index (χ0n) is 8.20. The number of carbonyl (C=O) groups excluding carboxylic acids is 1. The van der Waals surface area contributed by atoms with Crippen molar-refractivity contribution in [3.05, 3.63) is 31.8 Å². The number of aryl methyl sites for hydroxylation is 1. The number of hydrogen-bond acceptors (Lipinski definition) is 3. The van der Waals surface area contributed by atoms with Gasteiger partial charge in [0.15, 0.2) is 0 Å². The van der Waals surface area contributed by atoms with Crippen LogP contribution in [0.25, 0.3) is 0 Å². The van der Waals surface area contributed by atoms with E-state index in [1.807, 2.05) is 6.92 Å². The highest BCUT2D eigenvalue weighted by molar-refractivity contribution is 9.10. The average molecular weight is 273 g/mol. The van der Waals surface area contributed by atoms with E-state index in [0.717, 1.165) is 11.1 Å². The Balaban J connectivity index is 3.49. The number of nitrogens with zero attached hydrogens (tertiary/aromatic N) is 1. The summed E-state index contributed by atoms with van der Waals surface area (Å²) in [5.41, 5.74) is 1.74. The summed E-state index contributed by atoms with van der Waals surface area (Å²) in [6, 6.07) is 1.44. The minimum Gasteiger partial charge on any atom is -0.322 e. The molecule has 0 atom stereocenters. The summed E-state index contributed by atoms with van der Waals surface area (Å²) in [5.74, 6) is 0. The Hall–Kier alpha value is -1.43. The van der Waals surface area contributed by atoms with Gasteiger partial charge in [-0.05, 0) is 40.9 Å². The fraction of sp³-hybridized carbons (Fsp3) is 0.222. The molecule has 80 valence electrons. The van der Waals surface area contributed by atoms with Crippen LogP contribution in [0.1, 0.15) is 11.1 Å². The number of anilines is 1. The molecule has 0 saturated heterocycles. The second-order valence-corrected chi connectivity index (χ2v) is 3.84. The van der Waals surface area contributed by atoms with E-state index >= 15 is 0 Å². The van der Waals surface area contributed by atoms with E-state index in [1.54, 1.807) is 6.92 Å². The van der Waals surface area contributed by atoms with E-state index in [2.05, 4.69) is 21.2 Å². The molecule has 0 saturated carbocycles. The summed E-state index contributed by atoms with van der Waals surface area (Å²) in [5, 5.41) is 13.1. The Morgan fingerprint density at radius 3 is 2.60 bits per heavy atom. The molecule has 5 nitrogen and oxygen atoms in total. The van der Waals surface area contributed by atoms with Gasteiger partial charge in [-0.3, -0.25) is 14.9 Å². The van der Waals surface area contributed by atoms with E-state index in [0.29, 0.717) is 10.9 Å². The second-order valence-electron chi connectivity index (χ2n) is 3.05. The van der Waals surface area contributed by atoms with E-state index < -0.39 is 4.92 Å². The van der Waals surface area contributed by atoms with Gasteiger partial charge >= 0.3 is 0 Å². The quantitative estimate of drug-likeness (QED) is 0.522. The van der Waals surface area contributed by atoms with Gasteiger partial charge < -0.3 is 5.32 Å². The maximum atomic E-state index is 10.7. The molecule has 1 N–H and O–H groups in total. The molecule has 0 bridgehead atoms. The Morgan fingerprint density at radius 2 is 2.13 bits per heavy atom. The van der Waals surface area contributed by atoms with Crippen molar-refractivity contribution in [1.29, 1.82) is 0 Å². The predicted molar refractivity (Wildman–Crippen MR) is 60.0 cm³/mol. The molecule has 15 heavy (non-hydrogen) atoms. The van der Waals surface area contributed by atoms with Crippen LogP contribution in [0.5, 0.6) is 0 Å². The number of benzene rings is 1. The summed E-state index contributed by atoms with van der Waals surface area (Å²) < 4.78 is 0.543. The second kappa shape index (κ2) is 4.39. The number of nitro groups is 1. The standard InChI is InChI=1S/C9H9BrN2O3/c1-5-3-7(12(14)15)9(11-4-13)8(10)6(5)2/h3-4H,1-2H3,(H,11,13). The molecule has 0 aliphatic heterocycles. The summed E-state index contributed by atoms with van der Waals surface area (Å²) >= 11 is 3.23. The Kier molecular flexibility index (Phi) is 3.41. The van der Waals surface area contributed by atoms with Gasteiger partial charge in [0, 0.05) is 6.07 Å². The summed E-state index contributed by atoms with van der Waals surface area (Å²) in [4.78, 5) is 20.6. The maximum Gasteiger partial charge on any atom is 0.294 e. The van der Waals surface area contributed by atoms with Crippen LogP contribution in [0, 0.1) is 24.0 Å². The van der Waals surface area contributed by atoms with Crippen LogP contribution in [0.3, 0.4) is 0 Å². The van der Waals surface area contributed by atoms with Gasteiger partial charge in [-0.1, -0.05) is 0 Å². The molecule has 1 aromatic rings. The lowest BCUT2D eigenvalue weighted by atomic mass is 10.1. The minimum atomic E-state index is -0.525. The first kappa shape index (κ1) is 11.6. The van der Waals surface area contributed by atoms with Gasteiger partial charge in [0.25, 0.3) is 5.69 Å². The molecule has 0 radical (unpaired) electrons. The number of nitro benzene ring substituents is 1. The van der Waals surface area contributed by atoms with Crippen LogP contribution in [0.4, 0.5) is 11.4 Å². The first-order chi connectivity index (χ1) is 6.99. The van der Waals surface area contributed by atoms with Gasteiger partial charge in [0.2, 0.25) is 6.41 Å². The topological polar surface area (TPSA) is 72.2 Å². The van der Waals surface area contributed by atoms with E-state index in [4.69, 9.17) is 0 Å². The van der Waals surface area contributed by atoms with Gasteiger partial charge in [0.05, 0.1) is 9.40 Å². The summed E-state index contributed by atoms with van der Waals surface area (Å²) in [7, 11) is 0.